The van der Waals surface area contributed by atoms with Crippen molar-refractivity contribution in [3.63, 3.8) is 0 Å². The molecule has 0 bridgehead atoms. The zero-order chi connectivity index (χ0) is 18.1. The van der Waals surface area contributed by atoms with Gasteiger partial charge in [0.1, 0.15) is 6.04 Å². The first kappa shape index (κ1) is 20.1. The molecule has 2 amide bonds. The van der Waals surface area contributed by atoms with Crippen molar-refractivity contribution < 1.29 is 14.3 Å². The molecule has 0 saturated heterocycles. The minimum atomic E-state index is -0.777. The number of ether oxygens (including phenoxy) is 1. The second-order valence-corrected chi connectivity index (χ2v) is 5.93. The molecule has 132 valence electrons. The van der Waals surface area contributed by atoms with Gasteiger partial charge in [0.2, 0.25) is 0 Å². The second-order valence-electron chi connectivity index (χ2n) is 5.12. The summed E-state index contributed by atoms with van der Waals surface area (Å²) >= 11 is 11.0. The highest BCUT2D eigenvalue weighted by Crippen LogP contribution is 2.14. The summed E-state index contributed by atoms with van der Waals surface area (Å²) in [4.78, 5) is 24.1. The van der Waals surface area contributed by atoms with E-state index in [0.717, 1.165) is 0 Å². The van der Waals surface area contributed by atoms with E-state index in [-0.39, 0.29) is 11.2 Å². The normalized spacial score (nSPS) is 12.7. The molecule has 0 aromatic heterocycles. The summed E-state index contributed by atoms with van der Waals surface area (Å²) in [6, 6.07) is 5.81. The van der Waals surface area contributed by atoms with Crippen molar-refractivity contribution in [3.8, 4) is 0 Å². The SMILES string of the molecule is COC[C@H](C)NC(=S)NNC(=O)[C@H](C)NC(=O)c1ccccc1Cl. The van der Waals surface area contributed by atoms with Gasteiger partial charge < -0.3 is 15.4 Å². The third-order valence-electron chi connectivity index (χ3n) is 2.95. The largest absolute Gasteiger partial charge is 0.383 e. The summed E-state index contributed by atoms with van der Waals surface area (Å²) in [6.07, 6.45) is 0. The number of methoxy groups -OCH3 is 1. The summed E-state index contributed by atoms with van der Waals surface area (Å²) in [6.45, 7) is 3.90. The lowest BCUT2D eigenvalue weighted by Gasteiger charge is -2.18. The van der Waals surface area contributed by atoms with Crippen LogP contribution >= 0.6 is 23.8 Å². The van der Waals surface area contributed by atoms with Crippen LogP contribution in [0.4, 0.5) is 0 Å². The fourth-order valence-corrected chi connectivity index (χ4v) is 2.24. The Hall–Kier alpha value is -1.90. The van der Waals surface area contributed by atoms with Crippen molar-refractivity contribution in [1.82, 2.24) is 21.5 Å². The number of hydrogen-bond donors (Lipinski definition) is 4. The lowest BCUT2D eigenvalue weighted by atomic mass is 10.2. The van der Waals surface area contributed by atoms with Crippen LogP contribution in [0.25, 0.3) is 0 Å². The van der Waals surface area contributed by atoms with Crippen LogP contribution in [0.1, 0.15) is 24.2 Å². The molecule has 7 nitrogen and oxygen atoms in total. The highest BCUT2D eigenvalue weighted by atomic mass is 35.5. The summed E-state index contributed by atoms with van der Waals surface area (Å²) in [7, 11) is 1.58. The number of nitrogens with one attached hydrogen (secondary N) is 4. The Morgan fingerprint density at radius 2 is 1.88 bits per heavy atom. The van der Waals surface area contributed by atoms with E-state index < -0.39 is 17.9 Å². The average Bonchev–Trinajstić information content (AvgIpc) is 2.52. The number of hydrazine groups is 1. The van der Waals surface area contributed by atoms with Gasteiger partial charge >= 0.3 is 0 Å². The molecule has 24 heavy (non-hydrogen) atoms. The molecule has 0 radical (unpaired) electrons. The van der Waals surface area contributed by atoms with Crippen LogP contribution in [0.3, 0.4) is 0 Å². The molecule has 1 aromatic rings. The van der Waals surface area contributed by atoms with Crippen molar-refractivity contribution >= 4 is 40.7 Å². The van der Waals surface area contributed by atoms with Gasteiger partial charge in [-0.25, -0.2) is 0 Å². The lowest BCUT2D eigenvalue weighted by Crippen LogP contribution is -2.54. The van der Waals surface area contributed by atoms with Crippen molar-refractivity contribution in [3.05, 3.63) is 34.9 Å². The Bertz CT molecular complexity index is 600. The van der Waals surface area contributed by atoms with E-state index in [1.807, 2.05) is 6.92 Å². The van der Waals surface area contributed by atoms with Gasteiger partial charge in [-0.15, -0.1) is 0 Å². The summed E-state index contributed by atoms with van der Waals surface area (Å²) in [5, 5.41) is 6.05. The van der Waals surface area contributed by atoms with Crippen molar-refractivity contribution in [1.29, 1.82) is 0 Å². The van der Waals surface area contributed by atoms with Crippen LogP contribution in [-0.2, 0) is 9.53 Å². The first-order chi connectivity index (χ1) is 11.3. The predicted molar refractivity (Wildman–Crippen MR) is 96.7 cm³/mol. The fourth-order valence-electron chi connectivity index (χ4n) is 1.76. The fraction of sp³-hybridized carbons (Fsp3) is 0.400. The summed E-state index contributed by atoms with van der Waals surface area (Å²) < 4.78 is 4.97. The van der Waals surface area contributed by atoms with Crippen LogP contribution in [0.15, 0.2) is 24.3 Å². The highest BCUT2D eigenvalue weighted by Gasteiger charge is 2.18. The van der Waals surface area contributed by atoms with E-state index >= 15 is 0 Å². The molecule has 0 aliphatic carbocycles. The lowest BCUT2D eigenvalue weighted by molar-refractivity contribution is -0.123. The number of carbonyl (C=O) groups excluding carboxylic acids is 2. The Labute approximate surface area is 151 Å². The highest BCUT2D eigenvalue weighted by molar-refractivity contribution is 7.80. The molecule has 0 aliphatic rings. The zero-order valence-electron chi connectivity index (χ0n) is 13.7. The van der Waals surface area contributed by atoms with E-state index in [4.69, 9.17) is 28.6 Å². The average molecular weight is 373 g/mol. The molecule has 0 fully saturated rings. The van der Waals surface area contributed by atoms with Gasteiger partial charge in [0.05, 0.1) is 17.2 Å². The third-order valence-corrected chi connectivity index (χ3v) is 3.50. The maximum absolute atomic E-state index is 12.1. The Balaban J connectivity index is 2.44. The Morgan fingerprint density at radius 1 is 1.21 bits per heavy atom. The summed E-state index contributed by atoms with van der Waals surface area (Å²) in [5.41, 5.74) is 5.29. The van der Waals surface area contributed by atoms with Gasteiger partial charge in [-0.1, -0.05) is 23.7 Å². The van der Waals surface area contributed by atoms with E-state index in [2.05, 4.69) is 21.5 Å². The van der Waals surface area contributed by atoms with Crippen LogP contribution in [-0.4, -0.2) is 42.7 Å². The van der Waals surface area contributed by atoms with E-state index in [1.54, 1.807) is 38.3 Å². The quantitative estimate of drug-likeness (QED) is 0.439. The number of thiocarbonyl (C=S) groups is 1. The molecule has 0 heterocycles. The first-order valence-corrected chi connectivity index (χ1v) is 8.04. The monoisotopic (exact) mass is 372 g/mol. The zero-order valence-corrected chi connectivity index (χ0v) is 15.3. The molecule has 0 aliphatic heterocycles. The molecule has 2 atom stereocenters. The van der Waals surface area contributed by atoms with Gasteiger partial charge in [-0.2, -0.15) is 0 Å². The predicted octanol–water partition coefficient (Wildman–Crippen LogP) is 0.989. The molecule has 0 saturated carbocycles. The standard InChI is InChI=1S/C15H21ClN4O3S/c1-9(8-23-3)17-15(24)20-19-13(21)10(2)18-14(22)11-6-4-5-7-12(11)16/h4-7,9-10H,8H2,1-3H3,(H,18,22)(H,19,21)(H2,17,20,24)/t9-,10-/m0/s1. The van der Waals surface area contributed by atoms with Gasteiger partial charge in [0.25, 0.3) is 11.8 Å². The molecular formula is C15H21ClN4O3S. The van der Waals surface area contributed by atoms with Gasteiger partial charge in [-0.3, -0.25) is 20.4 Å². The molecule has 0 unspecified atom stereocenters. The number of benzene rings is 1. The van der Waals surface area contributed by atoms with Crippen molar-refractivity contribution in [2.24, 2.45) is 0 Å². The first-order valence-electron chi connectivity index (χ1n) is 7.25. The number of amides is 2. The van der Waals surface area contributed by atoms with E-state index in [9.17, 15) is 9.59 Å². The molecule has 1 rings (SSSR count). The van der Waals surface area contributed by atoms with E-state index in [1.165, 1.54) is 0 Å². The molecule has 1 aromatic carbocycles. The van der Waals surface area contributed by atoms with Gasteiger partial charge in [0, 0.05) is 13.2 Å². The van der Waals surface area contributed by atoms with Crippen LogP contribution in [0, 0.1) is 0 Å². The maximum Gasteiger partial charge on any atom is 0.260 e. The molecule has 9 heteroatoms. The number of halogens is 1. The van der Waals surface area contributed by atoms with Crippen molar-refractivity contribution in [2.45, 2.75) is 25.9 Å². The summed E-state index contributed by atoms with van der Waals surface area (Å²) in [5.74, 6) is -0.878. The minimum Gasteiger partial charge on any atom is -0.383 e. The molecular weight excluding hydrogens is 352 g/mol. The molecule has 0 spiro atoms. The third kappa shape index (κ3) is 6.69. The Kier molecular flexibility index (Phi) is 8.45. The van der Waals surface area contributed by atoms with Crippen LogP contribution in [0.2, 0.25) is 5.02 Å². The van der Waals surface area contributed by atoms with Gasteiger partial charge in [0.15, 0.2) is 5.11 Å². The van der Waals surface area contributed by atoms with Crippen LogP contribution < -0.4 is 21.5 Å². The van der Waals surface area contributed by atoms with Crippen molar-refractivity contribution in [2.75, 3.05) is 13.7 Å². The number of hydrogen-bond acceptors (Lipinski definition) is 4. The second kappa shape index (κ2) is 10.1. The maximum atomic E-state index is 12.1. The van der Waals surface area contributed by atoms with E-state index in [0.29, 0.717) is 17.2 Å². The Morgan fingerprint density at radius 3 is 2.50 bits per heavy atom. The van der Waals surface area contributed by atoms with Crippen LogP contribution in [0.5, 0.6) is 0 Å². The molecule has 4 N–H and O–H groups in total. The smallest absolute Gasteiger partial charge is 0.260 e. The van der Waals surface area contributed by atoms with Gasteiger partial charge in [-0.05, 0) is 38.2 Å². The topological polar surface area (TPSA) is 91.5 Å². The number of carbonyl (C=O) groups is 2. The minimum absolute atomic E-state index is 0.00995. The number of rotatable bonds is 6.